The van der Waals surface area contributed by atoms with Crippen LogP contribution in [0, 0.1) is 13.8 Å². The highest BCUT2D eigenvalue weighted by molar-refractivity contribution is 5.44. The fourth-order valence-corrected chi connectivity index (χ4v) is 1.87. The summed E-state index contributed by atoms with van der Waals surface area (Å²) in [6.07, 6.45) is 5.07. The monoisotopic (exact) mass is 229 g/mol. The summed E-state index contributed by atoms with van der Waals surface area (Å²) in [5.74, 6) is 0. The molecule has 0 aliphatic heterocycles. The van der Waals surface area contributed by atoms with Crippen molar-refractivity contribution in [1.29, 1.82) is 0 Å². The highest BCUT2D eigenvalue weighted by atomic mass is 15.3. The van der Waals surface area contributed by atoms with E-state index in [1.165, 1.54) is 22.4 Å². The number of nitrogens with zero attached hydrogens (tertiary/aromatic N) is 2. The number of aromatic nitrogens is 2. The van der Waals surface area contributed by atoms with Crippen LogP contribution in [0.25, 0.3) is 5.69 Å². The zero-order valence-electron chi connectivity index (χ0n) is 10.7. The van der Waals surface area contributed by atoms with Crippen LogP contribution >= 0.6 is 0 Å². The molecule has 3 nitrogen and oxygen atoms in total. The maximum atomic E-state index is 4.43. The van der Waals surface area contributed by atoms with E-state index in [2.05, 4.69) is 48.7 Å². The lowest BCUT2D eigenvalue weighted by molar-refractivity contribution is 0.791. The first-order valence-corrected chi connectivity index (χ1v) is 5.97. The molecule has 0 aliphatic carbocycles. The van der Waals surface area contributed by atoms with Gasteiger partial charge in [0.1, 0.15) is 0 Å². The molecule has 0 bridgehead atoms. The maximum Gasteiger partial charge on any atom is 0.0677 e. The lowest BCUT2D eigenvalue weighted by Crippen LogP contribution is -2.09. The Morgan fingerprint density at radius 1 is 1.29 bits per heavy atom. The van der Waals surface area contributed by atoms with Crippen molar-refractivity contribution in [2.24, 2.45) is 0 Å². The number of nitrogens with one attached hydrogen (secondary N) is 1. The van der Waals surface area contributed by atoms with Gasteiger partial charge in [-0.1, -0.05) is 12.1 Å². The van der Waals surface area contributed by atoms with Gasteiger partial charge >= 0.3 is 0 Å². The normalized spacial score (nSPS) is 10.8. The Hall–Kier alpha value is -1.61. The van der Waals surface area contributed by atoms with Crippen LogP contribution in [0.4, 0.5) is 0 Å². The van der Waals surface area contributed by atoms with Crippen LogP contribution in [0.1, 0.15) is 16.7 Å². The van der Waals surface area contributed by atoms with E-state index in [-0.39, 0.29) is 0 Å². The SMILES string of the molecule is CNCCc1cnn(-c2cccc(C)c2C)c1. The standard InChI is InChI=1S/C14H19N3/c1-11-5-4-6-14(12(11)2)17-10-13(9-16-17)7-8-15-3/h4-6,9-10,15H,7-8H2,1-3H3. The van der Waals surface area contributed by atoms with E-state index >= 15 is 0 Å². The first-order valence-electron chi connectivity index (χ1n) is 5.97. The fraction of sp³-hybridized carbons (Fsp3) is 0.357. The van der Waals surface area contributed by atoms with Crippen LogP contribution < -0.4 is 5.32 Å². The van der Waals surface area contributed by atoms with Crippen LogP contribution in [-0.4, -0.2) is 23.4 Å². The third-order valence-electron chi connectivity index (χ3n) is 3.12. The molecule has 1 aromatic carbocycles. The second-order valence-electron chi connectivity index (χ2n) is 4.37. The van der Waals surface area contributed by atoms with E-state index < -0.39 is 0 Å². The van der Waals surface area contributed by atoms with E-state index in [9.17, 15) is 0 Å². The third kappa shape index (κ3) is 2.56. The van der Waals surface area contributed by atoms with Gasteiger partial charge in [-0.3, -0.25) is 0 Å². The zero-order chi connectivity index (χ0) is 12.3. The number of likely N-dealkylation sites (N-methyl/N-ethyl adjacent to an activating group) is 1. The first kappa shape index (κ1) is 11.9. The molecule has 90 valence electrons. The number of hydrogen-bond acceptors (Lipinski definition) is 2. The minimum atomic E-state index is 0.985. The lowest BCUT2D eigenvalue weighted by Gasteiger charge is -2.07. The number of hydrogen-bond donors (Lipinski definition) is 1. The molecule has 1 aromatic heterocycles. The van der Waals surface area contributed by atoms with Gasteiger partial charge in [0.15, 0.2) is 0 Å². The Bertz CT molecular complexity index is 500. The molecular weight excluding hydrogens is 210 g/mol. The molecule has 0 unspecified atom stereocenters. The van der Waals surface area contributed by atoms with Crippen molar-refractivity contribution in [3.8, 4) is 5.69 Å². The molecule has 0 saturated heterocycles. The van der Waals surface area contributed by atoms with Crippen molar-refractivity contribution in [2.45, 2.75) is 20.3 Å². The summed E-state index contributed by atoms with van der Waals surface area (Å²) in [6, 6.07) is 6.31. The molecule has 0 radical (unpaired) electrons. The van der Waals surface area contributed by atoms with Gasteiger partial charge in [-0.2, -0.15) is 5.10 Å². The highest BCUT2D eigenvalue weighted by Crippen LogP contribution is 2.17. The lowest BCUT2D eigenvalue weighted by atomic mass is 10.1. The minimum absolute atomic E-state index is 0.985. The Kier molecular flexibility index (Phi) is 3.59. The van der Waals surface area contributed by atoms with Gasteiger partial charge in [0, 0.05) is 6.20 Å². The summed E-state index contributed by atoms with van der Waals surface area (Å²) < 4.78 is 1.97. The number of benzene rings is 1. The van der Waals surface area contributed by atoms with E-state index in [1.807, 2.05) is 17.9 Å². The number of rotatable bonds is 4. The topological polar surface area (TPSA) is 29.9 Å². The second kappa shape index (κ2) is 5.15. The molecule has 0 spiro atoms. The van der Waals surface area contributed by atoms with Gasteiger partial charge in [0.05, 0.1) is 11.9 Å². The van der Waals surface area contributed by atoms with Crippen molar-refractivity contribution in [1.82, 2.24) is 15.1 Å². The molecule has 1 N–H and O–H groups in total. The van der Waals surface area contributed by atoms with Crippen molar-refractivity contribution in [2.75, 3.05) is 13.6 Å². The summed E-state index contributed by atoms with van der Waals surface area (Å²) in [7, 11) is 1.97. The van der Waals surface area contributed by atoms with Gasteiger partial charge in [-0.15, -0.1) is 0 Å². The number of aryl methyl sites for hydroxylation is 1. The minimum Gasteiger partial charge on any atom is -0.319 e. The Morgan fingerprint density at radius 2 is 2.12 bits per heavy atom. The van der Waals surface area contributed by atoms with Crippen molar-refractivity contribution >= 4 is 0 Å². The second-order valence-corrected chi connectivity index (χ2v) is 4.37. The van der Waals surface area contributed by atoms with E-state index in [1.54, 1.807) is 0 Å². The molecule has 2 rings (SSSR count). The van der Waals surface area contributed by atoms with Crippen molar-refractivity contribution in [3.63, 3.8) is 0 Å². The summed E-state index contributed by atoms with van der Waals surface area (Å²) in [6.45, 7) is 5.25. The van der Waals surface area contributed by atoms with Crippen LogP contribution in [0.3, 0.4) is 0 Å². The quantitative estimate of drug-likeness (QED) is 0.871. The molecule has 3 heteroatoms. The molecule has 0 amide bonds. The molecule has 1 heterocycles. The average Bonchev–Trinajstić information content (AvgIpc) is 2.78. The molecular formula is C14H19N3. The molecule has 17 heavy (non-hydrogen) atoms. The Balaban J connectivity index is 2.27. The first-order chi connectivity index (χ1) is 8.22. The van der Waals surface area contributed by atoms with Gasteiger partial charge in [0.2, 0.25) is 0 Å². The van der Waals surface area contributed by atoms with Crippen molar-refractivity contribution < 1.29 is 0 Å². The average molecular weight is 229 g/mol. The summed E-state index contributed by atoms with van der Waals surface area (Å²) in [5.41, 5.74) is 5.02. The summed E-state index contributed by atoms with van der Waals surface area (Å²) >= 11 is 0. The highest BCUT2D eigenvalue weighted by Gasteiger charge is 2.04. The summed E-state index contributed by atoms with van der Waals surface area (Å²) in [4.78, 5) is 0. The predicted molar refractivity (Wildman–Crippen MR) is 70.7 cm³/mol. The predicted octanol–water partition coefficient (Wildman–Crippen LogP) is 2.25. The third-order valence-corrected chi connectivity index (χ3v) is 3.12. The van der Waals surface area contributed by atoms with Gasteiger partial charge in [0.25, 0.3) is 0 Å². The Morgan fingerprint density at radius 3 is 2.88 bits per heavy atom. The van der Waals surface area contributed by atoms with E-state index in [4.69, 9.17) is 0 Å². The Labute approximate surface area is 102 Å². The largest absolute Gasteiger partial charge is 0.319 e. The zero-order valence-corrected chi connectivity index (χ0v) is 10.7. The van der Waals surface area contributed by atoms with Gasteiger partial charge in [-0.05, 0) is 56.6 Å². The molecule has 0 saturated carbocycles. The summed E-state index contributed by atoms with van der Waals surface area (Å²) in [5, 5.41) is 7.58. The molecule has 0 atom stereocenters. The van der Waals surface area contributed by atoms with E-state index in [0.717, 1.165) is 13.0 Å². The maximum absolute atomic E-state index is 4.43. The van der Waals surface area contributed by atoms with Crippen molar-refractivity contribution in [3.05, 3.63) is 47.3 Å². The van der Waals surface area contributed by atoms with Gasteiger partial charge in [-0.25, -0.2) is 4.68 Å². The molecule has 2 aromatic rings. The van der Waals surface area contributed by atoms with Gasteiger partial charge < -0.3 is 5.32 Å². The van der Waals surface area contributed by atoms with E-state index in [0.29, 0.717) is 0 Å². The smallest absolute Gasteiger partial charge is 0.0677 e. The molecule has 0 aliphatic rings. The van der Waals surface area contributed by atoms with Crippen LogP contribution in [-0.2, 0) is 6.42 Å². The van der Waals surface area contributed by atoms with Crippen LogP contribution in [0.5, 0.6) is 0 Å². The van der Waals surface area contributed by atoms with Crippen LogP contribution in [0.2, 0.25) is 0 Å². The molecule has 0 fully saturated rings. The fourth-order valence-electron chi connectivity index (χ4n) is 1.87. The van der Waals surface area contributed by atoms with Crippen LogP contribution in [0.15, 0.2) is 30.6 Å².